The van der Waals surface area contributed by atoms with Crippen LogP contribution in [0.2, 0.25) is 0 Å². The minimum atomic E-state index is -1.40. The fraction of sp³-hybridized carbons (Fsp3) is 0.600. The van der Waals surface area contributed by atoms with Crippen LogP contribution >= 0.6 is 0 Å². The fourth-order valence-electron chi connectivity index (χ4n) is 0.611. The van der Waals surface area contributed by atoms with Gasteiger partial charge in [-0.2, -0.15) is 0 Å². The van der Waals surface area contributed by atoms with Crippen LogP contribution in [0.4, 0.5) is 9.59 Å². The summed E-state index contributed by atoms with van der Waals surface area (Å²) >= 11 is 0. The lowest BCUT2D eigenvalue weighted by Crippen LogP contribution is -2.19. The molecular formula is C5H6O6. The lowest BCUT2D eigenvalue weighted by Gasteiger charge is -2.03. The predicted octanol–water partition coefficient (Wildman–Crippen LogP) is 0.216. The molecule has 1 unspecified atom stereocenters. The molecule has 11 heavy (non-hydrogen) atoms. The Hall–Kier alpha value is -1.46. The third kappa shape index (κ3) is 2.32. The van der Waals surface area contributed by atoms with Gasteiger partial charge in [0, 0.05) is 0 Å². The Kier molecular flexibility index (Phi) is 2.15. The summed E-state index contributed by atoms with van der Waals surface area (Å²) in [6, 6.07) is 0. The Bertz CT molecular complexity index is 176. The molecule has 62 valence electrons. The SMILES string of the molecule is O=C(O)OCC1COC(=O)O1. The van der Waals surface area contributed by atoms with Crippen molar-refractivity contribution in [2.75, 3.05) is 13.2 Å². The number of ether oxygens (including phenoxy) is 3. The third-order valence-corrected chi connectivity index (χ3v) is 1.04. The molecule has 0 bridgehead atoms. The Balaban J connectivity index is 2.18. The van der Waals surface area contributed by atoms with E-state index in [0.717, 1.165) is 0 Å². The molecule has 0 aromatic carbocycles. The number of carbonyl (C=O) groups is 2. The van der Waals surface area contributed by atoms with E-state index in [9.17, 15) is 9.59 Å². The van der Waals surface area contributed by atoms with Crippen molar-refractivity contribution in [3.8, 4) is 0 Å². The van der Waals surface area contributed by atoms with Crippen molar-refractivity contribution in [3.05, 3.63) is 0 Å². The number of hydrogen-bond acceptors (Lipinski definition) is 5. The monoisotopic (exact) mass is 162 g/mol. The molecule has 1 N–H and O–H groups in total. The van der Waals surface area contributed by atoms with Gasteiger partial charge in [0.25, 0.3) is 0 Å². The van der Waals surface area contributed by atoms with E-state index < -0.39 is 18.4 Å². The molecule has 0 spiro atoms. The largest absolute Gasteiger partial charge is 0.508 e. The number of hydrogen-bond donors (Lipinski definition) is 1. The van der Waals surface area contributed by atoms with Gasteiger partial charge >= 0.3 is 12.3 Å². The molecule has 0 aromatic heterocycles. The van der Waals surface area contributed by atoms with E-state index in [1.54, 1.807) is 0 Å². The summed E-state index contributed by atoms with van der Waals surface area (Å²) in [7, 11) is 0. The van der Waals surface area contributed by atoms with Gasteiger partial charge in [-0.15, -0.1) is 0 Å². The lowest BCUT2D eigenvalue weighted by molar-refractivity contribution is 0.0461. The molecule has 1 rings (SSSR count). The zero-order chi connectivity index (χ0) is 8.27. The molecule has 1 fully saturated rings. The van der Waals surface area contributed by atoms with Crippen molar-refractivity contribution < 1.29 is 28.9 Å². The zero-order valence-corrected chi connectivity index (χ0v) is 5.48. The first-order valence-corrected chi connectivity index (χ1v) is 2.87. The van der Waals surface area contributed by atoms with Gasteiger partial charge in [-0.3, -0.25) is 0 Å². The molecule has 6 nitrogen and oxygen atoms in total. The Morgan fingerprint density at radius 3 is 3.00 bits per heavy atom. The first-order chi connectivity index (χ1) is 5.18. The van der Waals surface area contributed by atoms with Gasteiger partial charge in [0.1, 0.15) is 13.2 Å². The van der Waals surface area contributed by atoms with Crippen LogP contribution in [0.15, 0.2) is 0 Å². The van der Waals surface area contributed by atoms with Crippen LogP contribution in [0.3, 0.4) is 0 Å². The smallest absolute Gasteiger partial charge is 0.450 e. The van der Waals surface area contributed by atoms with Gasteiger partial charge < -0.3 is 19.3 Å². The molecule has 1 aliphatic rings. The highest BCUT2D eigenvalue weighted by Gasteiger charge is 2.25. The van der Waals surface area contributed by atoms with Crippen molar-refractivity contribution in [2.24, 2.45) is 0 Å². The van der Waals surface area contributed by atoms with E-state index in [-0.39, 0.29) is 13.2 Å². The first kappa shape index (κ1) is 7.64. The van der Waals surface area contributed by atoms with Crippen molar-refractivity contribution in [3.63, 3.8) is 0 Å². The van der Waals surface area contributed by atoms with E-state index in [1.807, 2.05) is 0 Å². The second kappa shape index (κ2) is 3.09. The maximum Gasteiger partial charge on any atom is 0.508 e. The van der Waals surface area contributed by atoms with Crippen LogP contribution in [0.5, 0.6) is 0 Å². The maximum absolute atomic E-state index is 10.3. The van der Waals surface area contributed by atoms with Gasteiger partial charge in [0.05, 0.1) is 0 Å². The third-order valence-electron chi connectivity index (χ3n) is 1.04. The molecule has 6 heteroatoms. The molecule has 1 heterocycles. The van der Waals surface area contributed by atoms with E-state index in [1.165, 1.54) is 0 Å². The molecular weight excluding hydrogens is 156 g/mol. The Labute approximate surface area is 61.7 Å². The summed E-state index contributed by atoms with van der Waals surface area (Å²) in [6.07, 6.45) is -2.78. The number of carboxylic acid groups (broad SMARTS) is 1. The van der Waals surface area contributed by atoms with Crippen molar-refractivity contribution in [1.29, 1.82) is 0 Å². The van der Waals surface area contributed by atoms with Crippen LogP contribution in [-0.2, 0) is 14.2 Å². The first-order valence-electron chi connectivity index (χ1n) is 2.87. The average molecular weight is 162 g/mol. The van der Waals surface area contributed by atoms with E-state index >= 15 is 0 Å². The summed E-state index contributed by atoms with van der Waals surface area (Å²) in [5, 5.41) is 8.04. The van der Waals surface area contributed by atoms with Gasteiger partial charge in [-0.05, 0) is 0 Å². The summed E-state index contributed by atoms with van der Waals surface area (Å²) < 4.78 is 13.0. The van der Waals surface area contributed by atoms with Crippen molar-refractivity contribution in [2.45, 2.75) is 6.10 Å². The minimum absolute atomic E-state index is 0.0477. The molecule has 1 saturated heterocycles. The highest BCUT2D eigenvalue weighted by molar-refractivity contribution is 5.62. The lowest BCUT2D eigenvalue weighted by atomic mass is 10.4. The number of cyclic esters (lactones) is 2. The highest BCUT2D eigenvalue weighted by atomic mass is 16.8. The second-order valence-electron chi connectivity index (χ2n) is 1.88. The van der Waals surface area contributed by atoms with E-state index in [0.29, 0.717) is 0 Å². The minimum Gasteiger partial charge on any atom is -0.450 e. The molecule has 0 aromatic rings. The van der Waals surface area contributed by atoms with E-state index in [4.69, 9.17) is 5.11 Å². The quantitative estimate of drug-likeness (QED) is 0.584. The number of carbonyl (C=O) groups excluding carboxylic acids is 1. The summed E-state index contributed by atoms with van der Waals surface area (Å²) in [5.41, 5.74) is 0. The molecule has 1 aliphatic heterocycles. The molecule has 0 radical (unpaired) electrons. The molecule has 0 saturated carbocycles. The van der Waals surface area contributed by atoms with Gasteiger partial charge in [-0.1, -0.05) is 0 Å². The topological polar surface area (TPSA) is 82.1 Å². The van der Waals surface area contributed by atoms with Gasteiger partial charge in [-0.25, -0.2) is 9.59 Å². The second-order valence-corrected chi connectivity index (χ2v) is 1.88. The van der Waals surface area contributed by atoms with Gasteiger partial charge in [0.15, 0.2) is 6.10 Å². The Morgan fingerprint density at radius 2 is 2.55 bits per heavy atom. The van der Waals surface area contributed by atoms with E-state index in [2.05, 4.69) is 14.2 Å². The van der Waals surface area contributed by atoms with Crippen molar-refractivity contribution >= 4 is 12.3 Å². The van der Waals surface area contributed by atoms with Crippen LogP contribution in [0, 0.1) is 0 Å². The molecule has 1 atom stereocenters. The number of rotatable bonds is 2. The molecule has 0 amide bonds. The highest BCUT2D eigenvalue weighted by Crippen LogP contribution is 2.05. The summed E-state index contributed by atoms with van der Waals surface area (Å²) in [6.45, 7) is -0.132. The van der Waals surface area contributed by atoms with Gasteiger partial charge in [0.2, 0.25) is 0 Å². The molecule has 0 aliphatic carbocycles. The normalized spacial score (nSPS) is 22.2. The van der Waals surface area contributed by atoms with Crippen LogP contribution in [0.25, 0.3) is 0 Å². The van der Waals surface area contributed by atoms with Crippen LogP contribution in [-0.4, -0.2) is 36.7 Å². The maximum atomic E-state index is 10.3. The predicted molar refractivity (Wildman–Crippen MR) is 30.2 cm³/mol. The zero-order valence-electron chi connectivity index (χ0n) is 5.48. The fourth-order valence-corrected chi connectivity index (χ4v) is 0.611. The summed E-state index contributed by atoms with van der Waals surface area (Å²) in [4.78, 5) is 20.1. The average Bonchev–Trinajstić information content (AvgIpc) is 2.31. The standard InChI is InChI=1S/C5H6O6/c6-4(7)9-1-3-2-10-5(8)11-3/h3H,1-2H2,(H,6,7). The Morgan fingerprint density at radius 1 is 1.82 bits per heavy atom. The van der Waals surface area contributed by atoms with Crippen LogP contribution < -0.4 is 0 Å². The summed E-state index contributed by atoms with van der Waals surface area (Å²) in [5.74, 6) is 0. The van der Waals surface area contributed by atoms with Crippen LogP contribution in [0.1, 0.15) is 0 Å². The van der Waals surface area contributed by atoms with Crippen molar-refractivity contribution in [1.82, 2.24) is 0 Å².